The summed E-state index contributed by atoms with van der Waals surface area (Å²) < 4.78 is 0. The summed E-state index contributed by atoms with van der Waals surface area (Å²) in [6, 6.07) is 99.2. The van der Waals surface area contributed by atoms with Gasteiger partial charge in [0.2, 0.25) is 0 Å². The number of anilines is 3. The SMILES string of the molecule is c1ccc(-c2ccc(N(c3ccc4c(c3)[Si]3(c5ccccc5Sc5ccccc53)c3ccccc3[Si]4(c3ccccc3)c3ccccc3)c3cc4ccccc4c4ccccc34)cc2)cc1. The van der Waals surface area contributed by atoms with Gasteiger partial charge in [0.15, 0.2) is 16.1 Å². The Kier molecular flexibility index (Phi) is 9.21. The highest BCUT2D eigenvalue weighted by molar-refractivity contribution is 8.00. The second-order valence-electron chi connectivity index (χ2n) is 17.5. The van der Waals surface area contributed by atoms with Crippen molar-refractivity contribution >= 4 is 108 Å². The molecule has 0 fully saturated rings. The molecule has 66 heavy (non-hydrogen) atoms. The minimum Gasteiger partial charge on any atom is -0.310 e. The average Bonchev–Trinajstić information content (AvgIpc) is 3.40. The topological polar surface area (TPSA) is 3.24 Å². The smallest absolute Gasteiger partial charge is 0.181 e. The van der Waals surface area contributed by atoms with E-state index in [2.05, 4.69) is 266 Å². The van der Waals surface area contributed by atoms with Crippen LogP contribution in [0.5, 0.6) is 0 Å². The Balaban J connectivity index is 1.18. The highest BCUT2D eigenvalue weighted by Crippen LogP contribution is 2.43. The lowest BCUT2D eigenvalue weighted by molar-refractivity contribution is 1.30. The molecular weight excluding hydrogens is 847 g/mol. The van der Waals surface area contributed by atoms with E-state index < -0.39 is 16.1 Å². The van der Waals surface area contributed by atoms with Gasteiger partial charge in [0, 0.05) is 26.6 Å². The molecule has 0 aliphatic carbocycles. The summed E-state index contributed by atoms with van der Waals surface area (Å²) in [5.74, 6) is 0. The molecule has 0 saturated heterocycles. The fourth-order valence-electron chi connectivity index (χ4n) is 11.6. The number of nitrogens with zero attached hydrogens (tertiary/aromatic N) is 1. The van der Waals surface area contributed by atoms with E-state index in [1.54, 1.807) is 0 Å². The molecule has 0 N–H and O–H groups in total. The van der Waals surface area contributed by atoms with Crippen molar-refractivity contribution in [2.24, 2.45) is 0 Å². The molecule has 2 aliphatic rings. The lowest BCUT2D eigenvalue weighted by Gasteiger charge is -2.50. The minimum atomic E-state index is -3.05. The van der Waals surface area contributed by atoms with E-state index in [0.29, 0.717) is 0 Å². The van der Waals surface area contributed by atoms with Crippen molar-refractivity contribution in [2.75, 3.05) is 4.90 Å². The van der Waals surface area contributed by atoms with Gasteiger partial charge in [-0.05, 0) is 111 Å². The monoisotopic (exact) mass is 889 g/mol. The van der Waals surface area contributed by atoms with Crippen molar-refractivity contribution < 1.29 is 0 Å². The zero-order valence-electron chi connectivity index (χ0n) is 36.2. The van der Waals surface area contributed by atoms with Gasteiger partial charge >= 0.3 is 0 Å². The molecular formula is C62H43NSSi2. The number of hydrogen-bond acceptors (Lipinski definition) is 2. The van der Waals surface area contributed by atoms with E-state index in [9.17, 15) is 0 Å². The van der Waals surface area contributed by atoms with Gasteiger partial charge in [-0.3, -0.25) is 0 Å². The maximum atomic E-state index is 2.66. The zero-order valence-corrected chi connectivity index (χ0v) is 39.0. The molecule has 11 aromatic carbocycles. The summed E-state index contributed by atoms with van der Waals surface area (Å²) >= 11 is 1.93. The zero-order chi connectivity index (χ0) is 43.7. The standard InChI is InChI=1S/C62H43NSSi2/c1-4-20-44(21-5-1)45-36-38-47(39-37-45)63(54-42-46-22-10-11-27-51(46)52-28-12-13-29-53(52)54)48-40-41-61-62(43-48)66(57-32-16-14-30-55(57)64-56-31-15-17-33-58(56)66)60-35-19-18-34-59(60)65(61,49-23-6-2-7-24-49)50-25-8-3-9-26-50/h1-43H. The van der Waals surface area contributed by atoms with Gasteiger partial charge in [-0.2, -0.15) is 0 Å². The van der Waals surface area contributed by atoms with Crippen LogP contribution in [0.2, 0.25) is 0 Å². The van der Waals surface area contributed by atoms with Crippen molar-refractivity contribution in [3.63, 3.8) is 0 Å². The van der Waals surface area contributed by atoms with Crippen LogP contribution in [0.25, 0.3) is 32.7 Å². The second kappa shape index (κ2) is 15.6. The number of benzene rings is 11. The lowest BCUT2D eigenvalue weighted by atomic mass is 9.98. The van der Waals surface area contributed by atoms with Crippen LogP contribution in [0.4, 0.5) is 17.1 Å². The quantitative estimate of drug-likeness (QED) is 0.121. The molecule has 0 atom stereocenters. The summed E-state index contributed by atoms with van der Waals surface area (Å²) in [6.07, 6.45) is 0. The van der Waals surface area contributed by atoms with Crippen LogP contribution in [0, 0.1) is 0 Å². The Hall–Kier alpha value is -7.48. The second-order valence-corrected chi connectivity index (χ2v) is 26.0. The first-order valence-corrected chi connectivity index (χ1v) is 27.7. The van der Waals surface area contributed by atoms with E-state index in [1.165, 1.54) is 89.6 Å². The third-order valence-corrected chi connectivity index (χ3v) is 26.1. The maximum absolute atomic E-state index is 3.05. The van der Waals surface area contributed by atoms with Crippen molar-refractivity contribution in [3.8, 4) is 11.1 Å². The Morgan fingerprint density at radius 3 is 1.38 bits per heavy atom. The van der Waals surface area contributed by atoms with Crippen LogP contribution >= 0.6 is 11.8 Å². The first-order chi connectivity index (χ1) is 32.7. The van der Waals surface area contributed by atoms with Crippen LogP contribution < -0.4 is 46.4 Å². The molecule has 310 valence electrons. The van der Waals surface area contributed by atoms with E-state index >= 15 is 0 Å². The Morgan fingerprint density at radius 1 is 0.288 bits per heavy atom. The van der Waals surface area contributed by atoms with Gasteiger partial charge in [0.05, 0.1) is 5.69 Å². The molecule has 11 aromatic rings. The summed E-state index contributed by atoms with van der Waals surface area (Å²) in [5, 5.41) is 16.7. The molecule has 13 rings (SSSR count). The predicted molar refractivity (Wildman–Crippen MR) is 286 cm³/mol. The van der Waals surface area contributed by atoms with Crippen molar-refractivity contribution in [3.05, 3.63) is 261 Å². The maximum Gasteiger partial charge on any atom is 0.181 e. The first kappa shape index (κ1) is 38.9. The Bertz CT molecular complexity index is 3540. The van der Waals surface area contributed by atoms with E-state index in [4.69, 9.17) is 0 Å². The van der Waals surface area contributed by atoms with E-state index in [-0.39, 0.29) is 0 Å². The normalized spacial score (nSPS) is 13.9. The predicted octanol–water partition coefficient (Wildman–Crippen LogP) is 10.7. The molecule has 0 aromatic heterocycles. The molecule has 0 saturated carbocycles. The van der Waals surface area contributed by atoms with Crippen LogP contribution in [-0.4, -0.2) is 16.1 Å². The lowest BCUT2D eigenvalue weighted by Crippen LogP contribution is -2.93. The van der Waals surface area contributed by atoms with Crippen molar-refractivity contribution in [2.45, 2.75) is 9.79 Å². The fraction of sp³-hybridized carbons (Fsp3) is 0. The van der Waals surface area contributed by atoms with Gasteiger partial charge in [-0.1, -0.05) is 230 Å². The summed E-state index contributed by atoms with van der Waals surface area (Å²) in [6.45, 7) is 0. The van der Waals surface area contributed by atoms with Crippen LogP contribution in [0.1, 0.15) is 0 Å². The van der Waals surface area contributed by atoms with E-state index in [0.717, 1.165) is 11.4 Å². The molecule has 1 spiro atoms. The number of fused-ring (bicyclic) bond motifs is 11. The summed E-state index contributed by atoms with van der Waals surface area (Å²) in [7, 11) is -6.01. The summed E-state index contributed by atoms with van der Waals surface area (Å²) in [4.78, 5) is 5.27. The molecule has 2 aliphatic heterocycles. The minimum absolute atomic E-state index is 1.12. The highest BCUT2D eigenvalue weighted by Gasteiger charge is 2.58. The molecule has 0 amide bonds. The molecule has 0 unspecified atom stereocenters. The fourth-order valence-corrected chi connectivity index (χ4v) is 25.8. The largest absolute Gasteiger partial charge is 0.310 e. The first-order valence-electron chi connectivity index (χ1n) is 22.8. The van der Waals surface area contributed by atoms with Crippen LogP contribution in [0.15, 0.2) is 271 Å². The van der Waals surface area contributed by atoms with Gasteiger partial charge in [-0.25, -0.2) is 0 Å². The van der Waals surface area contributed by atoms with Gasteiger partial charge < -0.3 is 4.90 Å². The highest BCUT2D eigenvalue weighted by atomic mass is 32.2. The third-order valence-electron chi connectivity index (χ3n) is 14.2. The molecule has 2 heterocycles. The van der Waals surface area contributed by atoms with Crippen LogP contribution in [0.3, 0.4) is 0 Å². The molecule has 4 heteroatoms. The van der Waals surface area contributed by atoms with Gasteiger partial charge in [-0.15, -0.1) is 0 Å². The Morgan fingerprint density at radius 2 is 0.742 bits per heavy atom. The molecule has 1 nitrogen and oxygen atoms in total. The third kappa shape index (κ3) is 5.72. The number of rotatable bonds is 6. The Labute approximate surface area is 392 Å². The van der Waals surface area contributed by atoms with Crippen LogP contribution in [-0.2, 0) is 0 Å². The van der Waals surface area contributed by atoms with Crippen molar-refractivity contribution in [1.29, 1.82) is 0 Å². The van der Waals surface area contributed by atoms with Gasteiger partial charge in [0.25, 0.3) is 0 Å². The van der Waals surface area contributed by atoms with Gasteiger partial charge in [0.1, 0.15) is 0 Å². The van der Waals surface area contributed by atoms with Crippen molar-refractivity contribution in [1.82, 2.24) is 0 Å². The molecule has 0 radical (unpaired) electrons. The van der Waals surface area contributed by atoms with E-state index in [1.807, 2.05) is 11.8 Å². The number of hydrogen-bond donors (Lipinski definition) is 0. The summed E-state index contributed by atoms with van der Waals surface area (Å²) in [5.41, 5.74) is 5.85. The average molecular weight is 890 g/mol. The molecule has 0 bridgehead atoms.